The first-order chi connectivity index (χ1) is 12.5. The summed E-state index contributed by atoms with van der Waals surface area (Å²) in [6, 6.07) is 13.6. The van der Waals surface area contributed by atoms with E-state index in [4.69, 9.17) is 23.2 Å². The van der Waals surface area contributed by atoms with Crippen molar-refractivity contribution in [1.29, 1.82) is 0 Å². The molecule has 6 heteroatoms. The van der Waals surface area contributed by atoms with E-state index in [1.54, 1.807) is 0 Å². The van der Waals surface area contributed by atoms with E-state index >= 15 is 0 Å². The fourth-order valence-corrected chi connectivity index (χ4v) is 3.49. The molecule has 1 aliphatic heterocycles. The molecule has 1 heterocycles. The molecule has 4 nitrogen and oxygen atoms in total. The predicted octanol–water partition coefficient (Wildman–Crippen LogP) is 4.45. The van der Waals surface area contributed by atoms with Gasteiger partial charge in [-0.05, 0) is 42.8 Å². The predicted molar refractivity (Wildman–Crippen MR) is 110 cm³/mol. The highest BCUT2D eigenvalue weighted by Gasteiger charge is 2.21. The maximum Gasteiger partial charge on any atom is 0.224 e. The van der Waals surface area contributed by atoms with Crippen LogP contribution in [0.3, 0.4) is 0 Å². The van der Waals surface area contributed by atoms with Crippen molar-refractivity contribution in [2.45, 2.75) is 13.3 Å². The van der Waals surface area contributed by atoms with Gasteiger partial charge in [0.25, 0.3) is 0 Å². The van der Waals surface area contributed by atoms with Crippen LogP contribution in [0.5, 0.6) is 0 Å². The summed E-state index contributed by atoms with van der Waals surface area (Å²) in [5.74, 6) is 0.183. The molecule has 0 aromatic heterocycles. The molecule has 0 spiro atoms. The van der Waals surface area contributed by atoms with Crippen molar-refractivity contribution in [3.8, 4) is 0 Å². The molecule has 0 unspecified atom stereocenters. The molecular weight excluding hydrogens is 369 g/mol. The standard InChI is InChI=1S/C20H23Cl2N3O/c1-15-5-6-17(22)14-19(15)23-8-7-20(26)25-11-9-24(10-12-25)18-4-2-3-16(21)13-18/h2-6,13-14,23H,7-12H2,1H3. The van der Waals surface area contributed by atoms with E-state index in [1.807, 2.05) is 48.2 Å². The molecule has 1 N–H and O–H groups in total. The van der Waals surface area contributed by atoms with Gasteiger partial charge in [0.1, 0.15) is 0 Å². The van der Waals surface area contributed by atoms with Crippen LogP contribution in [-0.4, -0.2) is 43.5 Å². The molecule has 1 amide bonds. The van der Waals surface area contributed by atoms with E-state index in [0.29, 0.717) is 18.0 Å². The quantitative estimate of drug-likeness (QED) is 0.817. The van der Waals surface area contributed by atoms with Crippen molar-refractivity contribution < 1.29 is 4.79 Å². The smallest absolute Gasteiger partial charge is 0.224 e. The third-order valence-electron chi connectivity index (χ3n) is 4.66. The highest BCUT2D eigenvalue weighted by molar-refractivity contribution is 6.31. The van der Waals surface area contributed by atoms with Crippen LogP contribution in [-0.2, 0) is 4.79 Å². The number of rotatable bonds is 5. The average molecular weight is 392 g/mol. The zero-order valence-electron chi connectivity index (χ0n) is 14.8. The Morgan fingerprint density at radius 3 is 2.50 bits per heavy atom. The molecular formula is C20H23Cl2N3O. The van der Waals surface area contributed by atoms with Crippen LogP contribution >= 0.6 is 23.2 Å². The molecule has 3 rings (SSSR count). The Labute approximate surface area is 164 Å². The maximum absolute atomic E-state index is 12.5. The van der Waals surface area contributed by atoms with Gasteiger partial charge < -0.3 is 15.1 Å². The number of anilines is 2. The summed E-state index contributed by atoms with van der Waals surface area (Å²) in [5, 5.41) is 4.74. The monoisotopic (exact) mass is 391 g/mol. The molecule has 0 atom stereocenters. The molecule has 1 aliphatic rings. The van der Waals surface area contributed by atoms with Gasteiger partial charge >= 0.3 is 0 Å². The minimum atomic E-state index is 0.183. The van der Waals surface area contributed by atoms with Crippen LogP contribution < -0.4 is 10.2 Å². The molecule has 0 bridgehead atoms. The fraction of sp³-hybridized carbons (Fsp3) is 0.350. The van der Waals surface area contributed by atoms with E-state index < -0.39 is 0 Å². The Kier molecular flexibility index (Phi) is 6.28. The second-order valence-electron chi connectivity index (χ2n) is 6.48. The lowest BCUT2D eigenvalue weighted by atomic mass is 10.2. The van der Waals surface area contributed by atoms with E-state index in [1.165, 1.54) is 0 Å². The van der Waals surface area contributed by atoms with E-state index in [0.717, 1.165) is 48.1 Å². The normalized spacial score (nSPS) is 14.4. The molecule has 26 heavy (non-hydrogen) atoms. The number of hydrogen-bond acceptors (Lipinski definition) is 3. The lowest BCUT2D eigenvalue weighted by molar-refractivity contribution is -0.131. The van der Waals surface area contributed by atoms with Gasteiger partial charge in [-0.15, -0.1) is 0 Å². The third kappa shape index (κ3) is 4.83. The number of carbonyl (C=O) groups excluding carboxylic acids is 1. The second kappa shape index (κ2) is 8.65. The number of benzene rings is 2. The minimum Gasteiger partial charge on any atom is -0.384 e. The summed E-state index contributed by atoms with van der Waals surface area (Å²) in [6.45, 7) is 5.76. The molecule has 1 fully saturated rings. The van der Waals surface area contributed by atoms with Crippen LogP contribution in [0.2, 0.25) is 10.0 Å². The first-order valence-electron chi connectivity index (χ1n) is 8.81. The molecule has 0 radical (unpaired) electrons. The van der Waals surface area contributed by atoms with Gasteiger partial charge in [-0.2, -0.15) is 0 Å². The van der Waals surface area contributed by atoms with Crippen molar-refractivity contribution in [3.05, 3.63) is 58.1 Å². The Bertz CT molecular complexity index is 773. The van der Waals surface area contributed by atoms with Crippen molar-refractivity contribution in [1.82, 2.24) is 4.90 Å². The molecule has 2 aromatic rings. The zero-order valence-corrected chi connectivity index (χ0v) is 16.4. The first kappa shape index (κ1) is 18.9. The number of amides is 1. The molecule has 1 saturated heterocycles. The summed E-state index contributed by atoms with van der Waals surface area (Å²) in [7, 11) is 0. The van der Waals surface area contributed by atoms with Crippen molar-refractivity contribution in [2.24, 2.45) is 0 Å². The Morgan fingerprint density at radius 1 is 1.04 bits per heavy atom. The van der Waals surface area contributed by atoms with Crippen LogP contribution in [0.15, 0.2) is 42.5 Å². The van der Waals surface area contributed by atoms with Gasteiger partial charge in [-0.25, -0.2) is 0 Å². The number of halogens is 2. The van der Waals surface area contributed by atoms with E-state index in [9.17, 15) is 4.79 Å². The van der Waals surface area contributed by atoms with Crippen LogP contribution in [0.25, 0.3) is 0 Å². The van der Waals surface area contributed by atoms with Gasteiger partial charge in [0.05, 0.1) is 0 Å². The number of nitrogens with one attached hydrogen (secondary N) is 1. The zero-order chi connectivity index (χ0) is 18.5. The molecule has 0 aliphatic carbocycles. The average Bonchev–Trinajstić information content (AvgIpc) is 2.64. The van der Waals surface area contributed by atoms with Crippen molar-refractivity contribution in [3.63, 3.8) is 0 Å². The Hall–Kier alpha value is -1.91. The third-order valence-corrected chi connectivity index (χ3v) is 5.13. The maximum atomic E-state index is 12.5. The Balaban J connectivity index is 1.46. The van der Waals surface area contributed by atoms with Gasteiger partial charge in [-0.3, -0.25) is 4.79 Å². The Morgan fingerprint density at radius 2 is 1.77 bits per heavy atom. The number of piperazine rings is 1. The number of hydrogen-bond donors (Lipinski definition) is 1. The highest BCUT2D eigenvalue weighted by Crippen LogP contribution is 2.22. The van der Waals surface area contributed by atoms with Crippen LogP contribution in [0.4, 0.5) is 11.4 Å². The van der Waals surface area contributed by atoms with Crippen molar-refractivity contribution in [2.75, 3.05) is 42.9 Å². The number of carbonyl (C=O) groups is 1. The highest BCUT2D eigenvalue weighted by atomic mass is 35.5. The lowest BCUT2D eigenvalue weighted by Gasteiger charge is -2.36. The van der Waals surface area contributed by atoms with Gasteiger partial charge in [0, 0.05) is 60.6 Å². The number of aryl methyl sites for hydroxylation is 1. The van der Waals surface area contributed by atoms with Gasteiger partial charge in [0.15, 0.2) is 0 Å². The molecule has 2 aromatic carbocycles. The summed E-state index contributed by atoms with van der Waals surface area (Å²) in [5.41, 5.74) is 3.22. The molecule has 138 valence electrons. The topological polar surface area (TPSA) is 35.6 Å². The van der Waals surface area contributed by atoms with Crippen molar-refractivity contribution >= 4 is 40.5 Å². The van der Waals surface area contributed by atoms with E-state index in [-0.39, 0.29) is 5.91 Å². The largest absolute Gasteiger partial charge is 0.384 e. The summed E-state index contributed by atoms with van der Waals surface area (Å²) in [4.78, 5) is 16.7. The van der Waals surface area contributed by atoms with Crippen LogP contribution in [0.1, 0.15) is 12.0 Å². The fourth-order valence-electron chi connectivity index (χ4n) is 3.13. The van der Waals surface area contributed by atoms with Crippen LogP contribution in [0, 0.1) is 6.92 Å². The van der Waals surface area contributed by atoms with Gasteiger partial charge in [-0.1, -0.05) is 35.3 Å². The minimum absolute atomic E-state index is 0.183. The van der Waals surface area contributed by atoms with E-state index in [2.05, 4.69) is 16.3 Å². The van der Waals surface area contributed by atoms with Gasteiger partial charge in [0.2, 0.25) is 5.91 Å². The molecule has 0 saturated carbocycles. The second-order valence-corrected chi connectivity index (χ2v) is 7.36. The first-order valence-corrected chi connectivity index (χ1v) is 9.57. The number of nitrogens with zero attached hydrogens (tertiary/aromatic N) is 2. The SMILES string of the molecule is Cc1ccc(Cl)cc1NCCC(=O)N1CCN(c2cccc(Cl)c2)CC1. The lowest BCUT2D eigenvalue weighted by Crippen LogP contribution is -2.49. The summed E-state index contributed by atoms with van der Waals surface area (Å²) < 4.78 is 0. The summed E-state index contributed by atoms with van der Waals surface area (Å²) in [6.07, 6.45) is 0.475. The summed E-state index contributed by atoms with van der Waals surface area (Å²) >= 11 is 12.1.